The first-order valence-corrected chi connectivity index (χ1v) is 8.57. The van der Waals surface area contributed by atoms with Gasteiger partial charge in [0.05, 0.1) is 29.5 Å². The van der Waals surface area contributed by atoms with Crippen LogP contribution in [0.25, 0.3) is 0 Å². The average molecular weight is 379 g/mol. The maximum absolute atomic E-state index is 9.90. The number of nitrogens with two attached hydrogens (primary N) is 1. The lowest BCUT2D eigenvalue weighted by Gasteiger charge is -2.43. The molecule has 0 heterocycles. The monoisotopic (exact) mass is 378 g/mol. The number of hydrogen-bond acceptors (Lipinski definition) is 4. The number of nitriles is 3. The van der Waals surface area contributed by atoms with E-state index in [4.69, 9.17) is 5.73 Å². The number of hydrogen-bond donors (Lipinski definition) is 1. The van der Waals surface area contributed by atoms with Gasteiger partial charge in [0, 0.05) is 10.4 Å². The van der Waals surface area contributed by atoms with E-state index in [0.29, 0.717) is 5.70 Å². The zero-order chi connectivity index (χ0) is 17.3. The second-order valence-electron chi connectivity index (χ2n) is 6.16. The van der Waals surface area contributed by atoms with Crippen LogP contribution in [-0.4, -0.2) is 0 Å². The maximum Gasteiger partial charge on any atom is 0.187 e. The average Bonchev–Trinajstić information content (AvgIpc) is 2.62. The van der Waals surface area contributed by atoms with Gasteiger partial charge in [0.25, 0.3) is 0 Å². The van der Waals surface area contributed by atoms with Gasteiger partial charge in [-0.1, -0.05) is 34.1 Å². The van der Waals surface area contributed by atoms with E-state index < -0.39 is 11.3 Å². The van der Waals surface area contributed by atoms with Gasteiger partial charge in [-0.25, -0.2) is 0 Å². The molecule has 0 spiro atoms. The summed E-state index contributed by atoms with van der Waals surface area (Å²) in [4.78, 5) is 0. The standard InChI is InChI=1S/C19H15BrN4/c20-13-7-5-12(6-8-13)17-14-3-1-2-4-15(14)18(24)16(9-21)19(17,10-22)11-23/h4-8,14,17H,1-3,24H2/t14-,17+/m1/s1. The summed E-state index contributed by atoms with van der Waals surface area (Å²) in [5.41, 5.74) is 6.88. The molecule has 118 valence electrons. The number of benzene rings is 1. The summed E-state index contributed by atoms with van der Waals surface area (Å²) in [5.74, 6) is -0.412. The van der Waals surface area contributed by atoms with Gasteiger partial charge in [0.2, 0.25) is 0 Å². The van der Waals surface area contributed by atoms with Crippen LogP contribution in [0.1, 0.15) is 30.7 Å². The van der Waals surface area contributed by atoms with Crippen LogP contribution in [0.3, 0.4) is 0 Å². The fourth-order valence-electron chi connectivity index (χ4n) is 3.95. The van der Waals surface area contributed by atoms with E-state index >= 15 is 0 Å². The fourth-order valence-corrected chi connectivity index (χ4v) is 4.21. The van der Waals surface area contributed by atoms with Crippen LogP contribution < -0.4 is 5.73 Å². The molecule has 5 heteroatoms. The van der Waals surface area contributed by atoms with E-state index in [1.165, 1.54) is 0 Å². The maximum atomic E-state index is 9.90. The molecule has 2 atom stereocenters. The van der Waals surface area contributed by atoms with Crippen molar-refractivity contribution in [1.82, 2.24) is 0 Å². The van der Waals surface area contributed by atoms with Gasteiger partial charge in [0.1, 0.15) is 0 Å². The first-order valence-electron chi connectivity index (χ1n) is 7.77. The molecule has 0 saturated carbocycles. The smallest absolute Gasteiger partial charge is 0.187 e. The molecule has 0 aliphatic heterocycles. The van der Waals surface area contributed by atoms with Crippen molar-refractivity contribution >= 4 is 15.9 Å². The highest BCUT2D eigenvalue weighted by Crippen LogP contribution is 2.56. The van der Waals surface area contributed by atoms with Gasteiger partial charge in [-0.15, -0.1) is 0 Å². The number of allylic oxidation sites excluding steroid dienone is 3. The Morgan fingerprint density at radius 3 is 2.38 bits per heavy atom. The Morgan fingerprint density at radius 1 is 1.12 bits per heavy atom. The van der Waals surface area contributed by atoms with E-state index in [1.54, 1.807) is 0 Å². The second-order valence-corrected chi connectivity index (χ2v) is 7.07. The normalized spacial score (nSPS) is 24.8. The Bertz CT molecular complexity index is 845. The topological polar surface area (TPSA) is 97.4 Å². The fraction of sp³-hybridized carbons (Fsp3) is 0.316. The lowest BCUT2D eigenvalue weighted by molar-refractivity contribution is 0.322. The molecule has 0 amide bonds. The van der Waals surface area contributed by atoms with E-state index in [1.807, 2.05) is 24.3 Å². The Hall–Kier alpha value is -2.55. The van der Waals surface area contributed by atoms with Crippen LogP contribution in [0, 0.1) is 45.3 Å². The molecule has 1 aromatic rings. The van der Waals surface area contributed by atoms with Crippen molar-refractivity contribution in [3.8, 4) is 18.2 Å². The summed E-state index contributed by atoms with van der Waals surface area (Å²) in [7, 11) is 0. The summed E-state index contributed by atoms with van der Waals surface area (Å²) in [6, 6.07) is 13.9. The highest BCUT2D eigenvalue weighted by Gasteiger charge is 2.54. The van der Waals surface area contributed by atoms with Crippen LogP contribution in [0.2, 0.25) is 0 Å². The van der Waals surface area contributed by atoms with Gasteiger partial charge < -0.3 is 5.73 Å². The van der Waals surface area contributed by atoms with E-state index in [9.17, 15) is 15.8 Å². The number of fused-ring (bicyclic) bond motifs is 1. The molecule has 0 unspecified atom stereocenters. The third-order valence-corrected chi connectivity index (χ3v) is 5.55. The third-order valence-electron chi connectivity index (χ3n) is 5.02. The molecule has 2 aliphatic carbocycles. The molecular weight excluding hydrogens is 364 g/mol. The molecule has 0 fully saturated rings. The van der Waals surface area contributed by atoms with Gasteiger partial charge in [-0.3, -0.25) is 0 Å². The number of rotatable bonds is 1. The Kier molecular flexibility index (Phi) is 4.18. The van der Waals surface area contributed by atoms with Crippen LogP contribution in [0.5, 0.6) is 0 Å². The third kappa shape index (κ3) is 2.23. The largest absolute Gasteiger partial charge is 0.398 e. The summed E-state index contributed by atoms with van der Waals surface area (Å²) < 4.78 is 0.927. The van der Waals surface area contributed by atoms with Crippen molar-refractivity contribution in [1.29, 1.82) is 15.8 Å². The molecular formula is C19H15BrN4. The first-order chi connectivity index (χ1) is 11.6. The lowest BCUT2D eigenvalue weighted by Crippen LogP contribution is -2.41. The highest BCUT2D eigenvalue weighted by molar-refractivity contribution is 9.10. The molecule has 0 aromatic heterocycles. The number of halogens is 1. The summed E-state index contributed by atoms with van der Waals surface area (Å²) >= 11 is 3.41. The van der Waals surface area contributed by atoms with Crippen molar-refractivity contribution in [2.24, 2.45) is 17.1 Å². The zero-order valence-electron chi connectivity index (χ0n) is 13.0. The van der Waals surface area contributed by atoms with Gasteiger partial charge in [0.15, 0.2) is 5.41 Å². The van der Waals surface area contributed by atoms with E-state index in [-0.39, 0.29) is 11.5 Å². The van der Waals surface area contributed by atoms with Gasteiger partial charge >= 0.3 is 0 Å². The van der Waals surface area contributed by atoms with Crippen molar-refractivity contribution in [3.05, 3.63) is 57.2 Å². The summed E-state index contributed by atoms with van der Waals surface area (Å²) in [5, 5.41) is 29.4. The molecule has 0 bridgehead atoms. The molecule has 1 aromatic carbocycles. The van der Waals surface area contributed by atoms with Crippen LogP contribution in [-0.2, 0) is 0 Å². The van der Waals surface area contributed by atoms with Crippen molar-refractivity contribution in [3.63, 3.8) is 0 Å². The SMILES string of the molecule is N#CC1=C(N)C2=CCCC[C@H]2[C@H](c2ccc(Br)cc2)C1(C#N)C#N. The van der Waals surface area contributed by atoms with Gasteiger partial charge in [-0.2, -0.15) is 15.8 Å². The van der Waals surface area contributed by atoms with Crippen LogP contribution in [0.4, 0.5) is 0 Å². The van der Waals surface area contributed by atoms with Gasteiger partial charge in [-0.05, 0) is 48.4 Å². The zero-order valence-corrected chi connectivity index (χ0v) is 14.5. The Balaban J connectivity index is 2.32. The molecule has 2 aliphatic rings. The second kappa shape index (κ2) is 6.16. The predicted octanol–water partition coefficient (Wildman–Crippen LogP) is 4.04. The lowest BCUT2D eigenvalue weighted by atomic mass is 9.56. The predicted molar refractivity (Wildman–Crippen MR) is 92.8 cm³/mol. The van der Waals surface area contributed by atoms with Crippen molar-refractivity contribution in [2.45, 2.75) is 25.2 Å². The summed E-state index contributed by atoms with van der Waals surface area (Å²) in [6.07, 6.45) is 4.82. The quantitative estimate of drug-likeness (QED) is 0.796. The van der Waals surface area contributed by atoms with Crippen LogP contribution >= 0.6 is 15.9 Å². The Morgan fingerprint density at radius 2 is 1.79 bits per heavy atom. The van der Waals surface area contributed by atoms with E-state index in [2.05, 4.69) is 40.2 Å². The summed E-state index contributed by atoms with van der Waals surface area (Å²) in [6.45, 7) is 0. The molecule has 3 rings (SSSR count). The Labute approximate surface area is 149 Å². The number of nitrogens with zero attached hydrogens (tertiary/aromatic N) is 3. The van der Waals surface area contributed by atoms with E-state index in [0.717, 1.165) is 34.9 Å². The molecule has 0 radical (unpaired) electrons. The minimum atomic E-state index is -1.55. The highest BCUT2D eigenvalue weighted by atomic mass is 79.9. The molecule has 4 nitrogen and oxygen atoms in total. The molecule has 24 heavy (non-hydrogen) atoms. The van der Waals surface area contributed by atoms with Crippen molar-refractivity contribution < 1.29 is 0 Å². The van der Waals surface area contributed by atoms with Crippen molar-refractivity contribution in [2.75, 3.05) is 0 Å². The van der Waals surface area contributed by atoms with Crippen LogP contribution in [0.15, 0.2) is 51.7 Å². The minimum Gasteiger partial charge on any atom is -0.398 e. The minimum absolute atomic E-state index is 0.0173. The molecule has 0 saturated heterocycles. The first kappa shape index (κ1) is 16.3. The molecule has 2 N–H and O–H groups in total.